The van der Waals surface area contributed by atoms with Crippen LogP contribution in [0.2, 0.25) is 0 Å². The minimum atomic E-state index is -0.247. The summed E-state index contributed by atoms with van der Waals surface area (Å²) in [5.74, 6) is 0.344. The van der Waals surface area contributed by atoms with Crippen LogP contribution in [0.5, 0.6) is 0 Å². The van der Waals surface area contributed by atoms with Gasteiger partial charge in [-0.15, -0.1) is 0 Å². The van der Waals surface area contributed by atoms with Gasteiger partial charge in [-0.2, -0.15) is 0 Å². The van der Waals surface area contributed by atoms with Crippen molar-refractivity contribution in [3.05, 3.63) is 35.4 Å². The average molecular weight is 384 g/mol. The molecule has 2 aliphatic heterocycles. The van der Waals surface area contributed by atoms with Crippen molar-refractivity contribution in [1.29, 1.82) is 0 Å². The third-order valence-electron chi connectivity index (χ3n) is 6.47. The second kappa shape index (κ2) is 7.91. The van der Waals surface area contributed by atoms with Crippen molar-refractivity contribution in [3.63, 3.8) is 0 Å². The van der Waals surface area contributed by atoms with Crippen LogP contribution in [0.1, 0.15) is 41.6 Å². The Balaban J connectivity index is 1.35. The number of carbonyl (C=O) groups is 3. The van der Waals surface area contributed by atoms with E-state index in [0.717, 1.165) is 37.9 Å². The predicted octanol–water partition coefficient (Wildman–Crippen LogP) is 0.655. The standard InChI is InChI=1S/C21H28N4O3/c26-18-13-25(10-9-23-18)19(27)16-6-4-15(5-7-16)11-24-20(28)21-8-2-1-3-17(21)12-22-14-21/h4-7,17,22H,1-3,8-14H2,(H,23,26)(H,24,28)/t17-,21+/m0/s1. The number of hydrogen-bond acceptors (Lipinski definition) is 4. The lowest BCUT2D eigenvalue weighted by Crippen LogP contribution is -2.49. The highest BCUT2D eigenvalue weighted by Gasteiger charge is 2.49. The number of nitrogens with one attached hydrogen (secondary N) is 3. The van der Waals surface area contributed by atoms with E-state index in [0.29, 0.717) is 31.1 Å². The molecule has 1 aromatic carbocycles. The summed E-state index contributed by atoms with van der Waals surface area (Å²) in [6, 6.07) is 7.30. The molecule has 7 heteroatoms. The molecule has 3 N–H and O–H groups in total. The van der Waals surface area contributed by atoms with Crippen molar-refractivity contribution in [1.82, 2.24) is 20.9 Å². The molecule has 28 heavy (non-hydrogen) atoms. The van der Waals surface area contributed by atoms with Crippen LogP contribution in [0.3, 0.4) is 0 Å². The van der Waals surface area contributed by atoms with Gasteiger partial charge in [0.2, 0.25) is 11.8 Å². The number of fused-ring (bicyclic) bond motifs is 1. The first-order valence-electron chi connectivity index (χ1n) is 10.2. The summed E-state index contributed by atoms with van der Waals surface area (Å²) in [4.78, 5) is 38.5. The third-order valence-corrected chi connectivity index (χ3v) is 6.47. The first-order valence-corrected chi connectivity index (χ1v) is 10.2. The van der Waals surface area contributed by atoms with Gasteiger partial charge >= 0.3 is 0 Å². The van der Waals surface area contributed by atoms with Crippen molar-refractivity contribution in [3.8, 4) is 0 Å². The van der Waals surface area contributed by atoms with Crippen LogP contribution in [0.4, 0.5) is 0 Å². The highest BCUT2D eigenvalue weighted by molar-refractivity contribution is 5.97. The van der Waals surface area contributed by atoms with Gasteiger partial charge in [0.25, 0.3) is 5.91 Å². The second-order valence-corrected chi connectivity index (χ2v) is 8.19. The molecular formula is C21H28N4O3. The SMILES string of the molecule is O=C1CN(C(=O)c2ccc(CNC(=O)[C@@]34CCCC[C@H]3CNC4)cc2)CCN1. The van der Waals surface area contributed by atoms with E-state index in [4.69, 9.17) is 0 Å². The quantitative estimate of drug-likeness (QED) is 0.711. The Morgan fingerprint density at radius 2 is 2.04 bits per heavy atom. The van der Waals surface area contributed by atoms with E-state index < -0.39 is 0 Å². The minimum absolute atomic E-state index is 0.105. The van der Waals surface area contributed by atoms with Crippen LogP contribution in [-0.4, -0.2) is 55.3 Å². The zero-order valence-electron chi connectivity index (χ0n) is 16.1. The average Bonchev–Trinajstić information content (AvgIpc) is 3.17. The third kappa shape index (κ3) is 3.63. The van der Waals surface area contributed by atoms with Crippen LogP contribution in [0, 0.1) is 11.3 Å². The fourth-order valence-corrected chi connectivity index (χ4v) is 4.81. The molecule has 0 radical (unpaired) electrons. The second-order valence-electron chi connectivity index (χ2n) is 8.19. The van der Waals surface area contributed by atoms with Crippen molar-refractivity contribution in [2.75, 3.05) is 32.7 Å². The van der Waals surface area contributed by atoms with Gasteiger partial charge in [-0.05, 0) is 43.0 Å². The van der Waals surface area contributed by atoms with E-state index in [9.17, 15) is 14.4 Å². The predicted molar refractivity (Wildman–Crippen MR) is 104 cm³/mol. The fourth-order valence-electron chi connectivity index (χ4n) is 4.81. The number of hydrogen-bond donors (Lipinski definition) is 3. The number of nitrogens with zero attached hydrogens (tertiary/aromatic N) is 1. The van der Waals surface area contributed by atoms with Crippen LogP contribution >= 0.6 is 0 Å². The molecule has 0 aromatic heterocycles. The van der Waals surface area contributed by atoms with E-state index in [1.165, 1.54) is 6.42 Å². The zero-order valence-corrected chi connectivity index (χ0v) is 16.1. The maximum absolute atomic E-state index is 12.9. The Labute approximate surface area is 165 Å². The summed E-state index contributed by atoms with van der Waals surface area (Å²) in [6.45, 7) is 3.31. The number of piperazine rings is 1. The van der Waals surface area contributed by atoms with Crippen LogP contribution in [0.15, 0.2) is 24.3 Å². The maximum Gasteiger partial charge on any atom is 0.254 e. The molecule has 1 saturated carbocycles. The summed E-state index contributed by atoms with van der Waals surface area (Å²) >= 11 is 0. The molecule has 150 valence electrons. The lowest BCUT2D eigenvalue weighted by Gasteiger charge is -2.37. The number of amides is 3. The smallest absolute Gasteiger partial charge is 0.254 e. The summed E-state index contributed by atoms with van der Waals surface area (Å²) in [5, 5.41) is 9.25. The molecule has 4 rings (SSSR count). The zero-order chi connectivity index (χ0) is 19.6. The molecule has 2 atom stereocenters. The number of benzene rings is 1. The van der Waals surface area contributed by atoms with Gasteiger partial charge < -0.3 is 20.9 Å². The molecular weight excluding hydrogens is 356 g/mol. The van der Waals surface area contributed by atoms with Crippen LogP contribution in [0.25, 0.3) is 0 Å². The van der Waals surface area contributed by atoms with Gasteiger partial charge in [0.05, 0.1) is 12.0 Å². The van der Waals surface area contributed by atoms with E-state index in [2.05, 4.69) is 16.0 Å². The van der Waals surface area contributed by atoms with E-state index in [1.54, 1.807) is 17.0 Å². The number of carbonyl (C=O) groups excluding carboxylic acids is 3. The molecule has 1 aromatic rings. The highest BCUT2D eigenvalue weighted by Crippen LogP contribution is 2.43. The fraction of sp³-hybridized carbons (Fsp3) is 0.571. The van der Waals surface area contributed by atoms with Gasteiger partial charge in [0.15, 0.2) is 0 Å². The van der Waals surface area contributed by atoms with Crippen molar-refractivity contribution in [2.45, 2.75) is 32.2 Å². The summed E-state index contributed by atoms with van der Waals surface area (Å²) in [5.41, 5.74) is 1.29. The van der Waals surface area contributed by atoms with Crippen molar-refractivity contribution in [2.24, 2.45) is 11.3 Å². The van der Waals surface area contributed by atoms with Gasteiger partial charge in [-0.25, -0.2) is 0 Å². The van der Waals surface area contributed by atoms with E-state index in [1.807, 2.05) is 12.1 Å². The molecule has 1 aliphatic carbocycles. The molecule has 2 heterocycles. The normalized spacial score (nSPS) is 27.1. The highest BCUT2D eigenvalue weighted by atomic mass is 16.2. The molecule has 3 fully saturated rings. The Morgan fingerprint density at radius 1 is 1.21 bits per heavy atom. The van der Waals surface area contributed by atoms with Crippen LogP contribution in [-0.2, 0) is 16.1 Å². The molecule has 3 amide bonds. The van der Waals surface area contributed by atoms with Crippen molar-refractivity contribution >= 4 is 17.7 Å². The Kier molecular flexibility index (Phi) is 5.35. The molecule has 2 saturated heterocycles. The number of rotatable bonds is 4. The molecule has 0 bridgehead atoms. The first kappa shape index (κ1) is 18.9. The summed E-state index contributed by atoms with van der Waals surface area (Å²) in [7, 11) is 0. The summed E-state index contributed by atoms with van der Waals surface area (Å²) in [6.07, 6.45) is 4.44. The van der Waals surface area contributed by atoms with Gasteiger partial charge in [0.1, 0.15) is 0 Å². The van der Waals surface area contributed by atoms with Crippen LogP contribution < -0.4 is 16.0 Å². The lowest BCUT2D eigenvalue weighted by atomic mass is 9.67. The van der Waals surface area contributed by atoms with Gasteiger partial charge in [-0.3, -0.25) is 14.4 Å². The maximum atomic E-state index is 12.9. The van der Waals surface area contributed by atoms with E-state index >= 15 is 0 Å². The Bertz CT molecular complexity index is 763. The minimum Gasteiger partial charge on any atom is -0.353 e. The summed E-state index contributed by atoms with van der Waals surface area (Å²) < 4.78 is 0. The topological polar surface area (TPSA) is 90.5 Å². The van der Waals surface area contributed by atoms with Gasteiger partial charge in [-0.1, -0.05) is 25.0 Å². The first-order chi connectivity index (χ1) is 13.6. The Hall–Kier alpha value is -2.41. The Morgan fingerprint density at radius 3 is 2.82 bits per heavy atom. The molecule has 0 unspecified atom stereocenters. The van der Waals surface area contributed by atoms with Crippen molar-refractivity contribution < 1.29 is 14.4 Å². The van der Waals surface area contributed by atoms with Gasteiger partial charge in [0, 0.05) is 31.7 Å². The monoisotopic (exact) mass is 384 g/mol. The lowest BCUT2D eigenvalue weighted by molar-refractivity contribution is -0.134. The molecule has 0 spiro atoms. The largest absolute Gasteiger partial charge is 0.353 e. The molecule has 3 aliphatic rings. The molecule has 7 nitrogen and oxygen atoms in total. The van der Waals surface area contributed by atoms with E-state index in [-0.39, 0.29) is 29.7 Å².